The summed E-state index contributed by atoms with van der Waals surface area (Å²) in [5.41, 5.74) is 1.19. The van der Waals surface area contributed by atoms with E-state index in [2.05, 4.69) is 17.4 Å². The quantitative estimate of drug-likeness (QED) is 0.726. The predicted octanol–water partition coefficient (Wildman–Crippen LogP) is 3.73. The maximum absolute atomic E-state index is 9.20. The van der Waals surface area contributed by atoms with Gasteiger partial charge in [0.1, 0.15) is 11.5 Å². The molecule has 2 aromatic carbocycles. The molecule has 21 heavy (non-hydrogen) atoms. The van der Waals surface area contributed by atoms with Gasteiger partial charge in [-0.2, -0.15) is 0 Å². The number of aliphatic hydroxyl groups excluding tert-OH is 1. The molecule has 2 aromatic rings. The van der Waals surface area contributed by atoms with E-state index in [0.717, 1.165) is 37.4 Å². The van der Waals surface area contributed by atoms with Crippen LogP contribution in [0.3, 0.4) is 0 Å². The highest BCUT2D eigenvalue weighted by molar-refractivity contribution is 5.33. The van der Waals surface area contributed by atoms with Crippen molar-refractivity contribution in [3.05, 3.63) is 60.2 Å². The molecule has 1 unspecified atom stereocenters. The largest absolute Gasteiger partial charge is 0.457 e. The minimum absolute atomic E-state index is 0.214. The summed E-state index contributed by atoms with van der Waals surface area (Å²) >= 11 is 0. The molecular formula is C18H23NO2. The number of hydrogen-bond acceptors (Lipinski definition) is 3. The Morgan fingerprint density at radius 1 is 1.05 bits per heavy atom. The van der Waals surface area contributed by atoms with E-state index < -0.39 is 0 Å². The Labute approximate surface area is 126 Å². The zero-order valence-corrected chi connectivity index (χ0v) is 12.5. The summed E-state index contributed by atoms with van der Waals surface area (Å²) in [6.07, 6.45) is 1.61. The summed E-state index contributed by atoms with van der Waals surface area (Å²) in [6.45, 7) is 3.55. The Hall–Kier alpha value is -1.84. The molecule has 0 spiro atoms. The Balaban J connectivity index is 1.81. The van der Waals surface area contributed by atoms with Crippen molar-refractivity contribution in [3.63, 3.8) is 0 Å². The number of hydrogen-bond donors (Lipinski definition) is 2. The van der Waals surface area contributed by atoms with Crippen molar-refractivity contribution < 1.29 is 9.84 Å². The van der Waals surface area contributed by atoms with Crippen molar-refractivity contribution in [2.45, 2.75) is 32.4 Å². The van der Waals surface area contributed by atoms with Gasteiger partial charge in [-0.1, -0.05) is 30.3 Å². The zero-order valence-electron chi connectivity index (χ0n) is 12.5. The summed E-state index contributed by atoms with van der Waals surface area (Å²) in [7, 11) is 0. The lowest BCUT2D eigenvalue weighted by Crippen LogP contribution is -2.16. The topological polar surface area (TPSA) is 41.5 Å². The smallest absolute Gasteiger partial charge is 0.127 e. The number of ether oxygens (including phenoxy) is 1. The highest BCUT2D eigenvalue weighted by Gasteiger charge is 1.99. The number of aliphatic hydroxyl groups is 1. The molecule has 0 aliphatic rings. The molecule has 0 saturated carbocycles. The highest BCUT2D eigenvalue weighted by Crippen LogP contribution is 2.21. The van der Waals surface area contributed by atoms with Gasteiger partial charge in [0.25, 0.3) is 0 Å². The Morgan fingerprint density at radius 3 is 2.57 bits per heavy atom. The first kappa shape index (κ1) is 15.5. The molecule has 2 N–H and O–H groups in total. The van der Waals surface area contributed by atoms with Crippen LogP contribution in [0.2, 0.25) is 0 Å². The van der Waals surface area contributed by atoms with Crippen LogP contribution >= 0.6 is 0 Å². The molecule has 0 aromatic heterocycles. The lowest BCUT2D eigenvalue weighted by atomic mass is 10.2. The lowest BCUT2D eigenvalue weighted by Gasteiger charge is -2.09. The van der Waals surface area contributed by atoms with Gasteiger partial charge < -0.3 is 15.2 Å². The molecule has 0 saturated heterocycles. The van der Waals surface area contributed by atoms with Crippen LogP contribution in [0.5, 0.6) is 11.5 Å². The van der Waals surface area contributed by atoms with Gasteiger partial charge in [0.05, 0.1) is 6.10 Å². The van der Waals surface area contributed by atoms with Crippen LogP contribution in [0.25, 0.3) is 0 Å². The van der Waals surface area contributed by atoms with Gasteiger partial charge >= 0.3 is 0 Å². The SMILES string of the molecule is CC(O)CCCNCc1cccc(Oc2ccccc2)c1. The monoisotopic (exact) mass is 285 g/mol. The molecule has 3 nitrogen and oxygen atoms in total. The molecule has 0 aliphatic heterocycles. The van der Waals surface area contributed by atoms with E-state index in [4.69, 9.17) is 4.74 Å². The number of nitrogens with one attached hydrogen (secondary N) is 1. The normalized spacial score (nSPS) is 12.1. The third kappa shape index (κ3) is 5.98. The van der Waals surface area contributed by atoms with E-state index in [9.17, 15) is 5.11 Å². The van der Waals surface area contributed by atoms with Gasteiger partial charge in [0.15, 0.2) is 0 Å². The minimum atomic E-state index is -0.214. The fourth-order valence-electron chi connectivity index (χ4n) is 2.10. The summed E-state index contributed by atoms with van der Waals surface area (Å²) in [5.74, 6) is 1.70. The van der Waals surface area contributed by atoms with Crippen LogP contribution in [0.15, 0.2) is 54.6 Å². The average Bonchev–Trinajstić information content (AvgIpc) is 2.48. The fourth-order valence-corrected chi connectivity index (χ4v) is 2.10. The van der Waals surface area contributed by atoms with Crippen LogP contribution in [0.4, 0.5) is 0 Å². The van der Waals surface area contributed by atoms with Gasteiger partial charge in [0.2, 0.25) is 0 Å². The van der Waals surface area contributed by atoms with Crippen molar-refractivity contribution in [2.75, 3.05) is 6.54 Å². The molecule has 0 bridgehead atoms. The molecule has 112 valence electrons. The molecule has 2 rings (SSSR count). The molecular weight excluding hydrogens is 262 g/mol. The predicted molar refractivity (Wildman–Crippen MR) is 85.6 cm³/mol. The molecule has 0 radical (unpaired) electrons. The van der Waals surface area contributed by atoms with Crippen LogP contribution in [-0.4, -0.2) is 17.8 Å². The molecule has 0 amide bonds. The van der Waals surface area contributed by atoms with Crippen molar-refractivity contribution in [2.24, 2.45) is 0 Å². The van der Waals surface area contributed by atoms with Crippen LogP contribution < -0.4 is 10.1 Å². The molecule has 1 atom stereocenters. The second kappa shape index (κ2) is 8.45. The Morgan fingerprint density at radius 2 is 1.81 bits per heavy atom. The fraction of sp³-hybridized carbons (Fsp3) is 0.333. The van der Waals surface area contributed by atoms with Gasteiger partial charge in [-0.05, 0) is 56.1 Å². The number of rotatable bonds is 8. The van der Waals surface area contributed by atoms with E-state index in [1.807, 2.05) is 49.4 Å². The maximum atomic E-state index is 9.20. The number of para-hydroxylation sites is 1. The lowest BCUT2D eigenvalue weighted by molar-refractivity contribution is 0.181. The second-order valence-electron chi connectivity index (χ2n) is 5.23. The third-order valence-corrected chi connectivity index (χ3v) is 3.18. The van der Waals surface area contributed by atoms with E-state index in [1.54, 1.807) is 0 Å². The first-order valence-electron chi connectivity index (χ1n) is 7.44. The van der Waals surface area contributed by atoms with Crippen LogP contribution in [-0.2, 0) is 6.54 Å². The summed E-state index contributed by atoms with van der Waals surface area (Å²) in [5, 5.41) is 12.6. The van der Waals surface area contributed by atoms with Crippen molar-refractivity contribution in [1.29, 1.82) is 0 Å². The van der Waals surface area contributed by atoms with Gasteiger partial charge in [0, 0.05) is 6.54 Å². The van der Waals surface area contributed by atoms with E-state index in [0.29, 0.717) is 0 Å². The highest BCUT2D eigenvalue weighted by atomic mass is 16.5. The van der Waals surface area contributed by atoms with Gasteiger partial charge in [-0.15, -0.1) is 0 Å². The van der Waals surface area contributed by atoms with Gasteiger partial charge in [-0.25, -0.2) is 0 Å². The molecule has 0 aliphatic carbocycles. The average molecular weight is 285 g/mol. The summed E-state index contributed by atoms with van der Waals surface area (Å²) in [4.78, 5) is 0. The van der Waals surface area contributed by atoms with Crippen molar-refractivity contribution >= 4 is 0 Å². The number of benzene rings is 2. The standard InChI is InChI=1S/C18H23NO2/c1-15(20)7-6-12-19-14-16-8-5-11-18(13-16)21-17-9-3-2-4-10-17/h2-5,8-11,13,15,19-20H,6-7,12,14H2,1H3. The third-order valence-electron chi connectivity index (χ3n) is 3.18. The van der Waals surface area contributed by atoms with E-state index in [1.165, 1.54) is 5.56 Å². The first-order chi connectivity index (χ1) is 10.2. The summed E-state index contributed by atoms with van der Waals surface area (Å²) < 4.78 is 5.82. The first-order valence-corrected chi connectivity index (χ1v) is 7.44. The Bertz CT molecular complexity index is 526. The van der Waals surface area contributed by atoms with Crippen molar-refractivity contribution in [3.8, 4) is 11.5 Å². The van der Waals surface area contributed by atoms with E-state index >= 15 is 0 Å². The van der Waals surface area contributed by atoms with Gasteiger partial charge in [-0.3, -0.25) is 0 Å². The maximum Gasteiger partial charge on any atom is 0.127 e. The molecule has 3 heteroatoms. The zero-order chi connectivity index (χ0) is 14.9. The molecule has 0 fully saturated rings. The van der Waals surface area contributed by atoms with Crippen molar-refractivity contribution in [1.82, 2.24) is 5.32 Å². The van der Waals surface area contributed by atoms with E-state index in [-0.39, 0.29) is 6.10 Å². The minimum Gasteiger partial charge on any atom is -0.457 e. The summed E-state index contributed by atoms with van der Waals surface area (Å²) in [6, 6.07) is 17.9. The van der Waals surface area contributed by atoms with Crippen LogP contribution in [0.1, 0.15) is 25.3 Å². The second-order valence-corrected chi connectivity index (χ2v) is 5.23. The molecule has 0 heterocycles. The van der Waals surface area contributed by atoms with Crippen LogP contribution in [0, 0.1) is 0 Å². The Kier molecular flexibility index (Phi) is 6.25.